The molecule has 0 amide bonds. The Morgan fingerprint density at radius 3 is 2.67 bits per heavy atom. The second kappa shape index (κ2) is 9.62. The van der Waals surface area contributed by atoms with Gasteiger partial charge in [-0.2, -0.15) is 9.37 Å². The summed E-state index contributed by atoms with van der Waals surface area (Å²) in [4.78, 5) is 12.3. The second-order valence-electron chi connectivity index (χ2n) is 7.24. The predicted octanol–water partition coefficient (Wildman–Crippen LogP) is 4.73. The van der Waals surface area contributed by atoms with Crippen LogP contribution in [0.1, 0.15) is 74.7 Å². The summed E-state index contributed by atoms with van der Waals surface area (Å²) < 4.78 is 20.2. The molecular formula is C21H28FN3O2. The topological polar surface area (TPSA) is 68.1 Å². The molecule has 5 nitrogen and oxygen atoms in total. The molecule has 0 aliphatic heterocycles. The average Bonchev–Trinajstić information content (AvgIpc) is 2.68. The van der Waals surface area contributed by atoms with Crippen molar-refractivity contribution >= 4 is 0 Å². The van der Waals surface area contributed by atoms with Gasteiger partial charge in [0.2, 0.25) is 11.8 Å². The Morgan fingerprint density at radius 2 is 1.89 bits per heavy atom. The van der Waals surface area contributed by atoms with E-state index in [0.717, 1.165) is 31.2 Å². The fraction of sp³-hybridized carbons (Fsp3) is 0.571. The molecule has 0 saturated heterocycles. The van der Waals surface area contributed by atoms with Gasteiger partial charge in [-0.05, 0) is 31.2 Å². The fourth-order valence-corrected chi connectivity index (χ4v) is 3.58. The van der Waals surface area contributed by atoms with Crippen molar-refractivity contribution < 1.29 is 14.2 Å². The molecule has 146 valence electrons. The van der Waals surface area contributed by atoms with Crippen molar-refractivity contribution in [2.75, 3.05) is 6.61 Å². The summed E-state index contributed by atoms with van der Waals surface area (Å²) in [5.41, 5.74) is 1.60. The number of aromatic nitrogens is 3. The number of rotatable bonds is 9. The van der Waals surface area contributed by atoms with Gasteiger partial charge in [0.25, 0.3) is 0 Å². The van der Waals surface area contributed by atoms with Gasteiger partial charge in [-0.1, -0.05) is 39.0 Å². The van der Waals surface area contributed by atoms with Crippen molar-refractivity contribution in [1.29, 1.82) is 0 Å². The number of ether oxygens (including phenoxy) is 1. The smallest absolute Gasteiger partial charge is 0.219 e. The highest BCUT2D eigenvalue weighted by Gasteiger charge is 2.26. The number of hydrogen-bond acceptors (Lipinski definition) is 5. The van der Waals surface area contributed by atoms with Crippen LogP contribution in [-0.4, -0.2) is 26.7 Å². The first kappa shape index (κ1) is 19.5. The van der Waals surface area contributed by atoms with Crippen LogP contribution < -0.4 is 4.74 Å². The van der Waals surface area contributed by atoms with Crippen molar-refractivity contribution in [2.45, 2.75) is 70.6 Å². The van der Waals surface area contributed by atoms with Crippen LogP contribution in [0.25, 0.3) is 0 Å². The number of hydrogen-bond donors (Lipinski definition) is 1. The number of fused-ring (bicyclic) bond motifs is 1. The van der Waals surface area contributed by atoms with Gasteiger partial charge in [0.1, 0.15) is 5.82 Å². The van der Waals surface area contributed by atoms with Crippen molar-refractivity contribution in [2.24, 2.45) is 0 Å². The Hall–Kier alpha value is -2.24. The van der Waals surface area contributed by atoms with E-state index in [1.54, 1.807) is 0 Å². The molecule has 27 heavy (non-hydrogen) atoms. The molecule has 0 aromatic carbocycles. The quantitative estimate of drug-likeness (QED) is 0.508. The lowest BCUT2D eigenvalue weighted by molar-refractivity contribution is 0.287. The number of aromatic hydroxyl groups is 1. The van der Waals surface area contributed by atoms with Crippen LogP contribution in [0.4, 0.5) is 4.39 Å². The molecule has 0 saturated carbocycles. The molecule has 0 fully saturated rings. The van der Waals surface area contributed by atoms with Crippen molar-refractivity contribution in [3.8, 4) is 11.6 Å². The molecule has 2 aromatic rings. The fourth-order valence-electron chi connectivity index (χ4n) is 3.58. The number of unbranched alkanes of at least 4 members (excludes halogenated alkanes) is 5. The summed E-state index contributed by atoms with van der Waals surface area (Å²) in [7, 11) is 0. The van der Waals surface area contributed by atoms with Crippen molar-refractivity contribution in [3.63, 3.8) is 0 Å². The maximum atomic E-state index is 14.5. The highest BCUT2D eigenvalue weighted by molar-refractivity contribution is 5.34. The van der Waals surface area contributed by atoms with Gasteiger partial charge in [0.05, 0.1) is 19.0 Å². The molecule has 1 atom stereocenters. The van der Waals surface area contributed by atoms with Crippen LogP contribution in [0.3, 0.4) is 0 Å². The normalized spacial score (nSPS) is 16.1. The first-order valence-electron chi connectivity index (χ1n) is 9.99. The van der Waals surface area contributed by atoms with Crippen LogP contribution in [0.5, 0.6) is 11.6 Å². The first-order chi connectivity index (χ1) is 13.2. The lowest BCUT2D eigenvalue weighted by atomic mass is 9.84. The van der Waals surface area contributed by atoms with Gasteiger partial charge in [-0.25, -0.2) is 9.97 Å². The lowest BCUT2D eigenvalue weighted by Gasteiger charge is -2.24. The monoisotopic (exact) mass is 373 g/mol. The molecule has 2 aromatic heterocycles. The Labute approximate surface area is 160 Å². The Balaban J connectivity index is 1.55. The minimum absolute atomic E-state index is 0.0370. The van der Waals surface area contributed by atoms with Gasteiger partial charge < -0.3 is 9.84 Å². The highest BCUT2D eigenvalue weighted by Crippen LogP contribution is 2.33. The standard InChI is InChI=1S/C21H28FN3O2/c1-2-3-4-5-6-7-10-27-19-12-15-8-9-16(11-18(15)20(22)25-19)21-23-13-17(26)14-24-21/h12-14,16,26H,2-11H2,1H3. The number of nitrogens with zero attached hydrogens (tertiary/aromatic N) is 3. The minimum atomic E-state index is -0.450. The summed E-state index contributed by atoms with van der Waals surface area (Å²) in [6, 6.07) is 1.88. The summed E-state index contributed by atoms with van der Waals surface area (Å²) in [6.07, 6.45) is 12.0. The molecule has 0 radical (unpaired) electrons. The summed E-state index contributed by atoms with van der Waals surface area (Å²) in [5.74, 6) is 0.661. The molecular weight excluding hydrogens is 345 g/mol. The molecule has 1 unspecified atom stereocenters. The van der Waals surface area contributed by atoms with E-state index in [1.807, 2.05) is 6.07 Å². The number of halogens is 1. The van der Waals surface area contributed by atoms with Crippen molar-refractivity contribution in [3.05, 3.63) is 41.4 Å². The van der Waals surface area contributed by atoms with E-state index in [1.165, 1.54) is 38.1 Å². The van der Waals surface area contributed by atoms with Gasteiger partial charge in [-0.15, -0.1) is 0 Å². The van der Waals surface area contributed by atoms with Crippen LogP contribution >= 0.6 is 0 Å². The van der Waals surface area contributed by atoms with Gasteiger partial charge >= 0.3 is 0 Å². The SMILES string of the molecule is CCCCCCCCOc1cc2c(c(F)n1)CC(c1ncc(O)cn1)CC2. The molecule has 1 aliphatic carbocycles. The summed E-state index contributed by atoms with van der Waals surface area (Å²) in [5, 5.41) is 9.32. The van der Waals surface area contributed by atoms with E-state index in [4.69, 9.17) is 4.74 Å². The van der Waals surface area contributed by atoms with Crippen molar-refractivity contribution in [1.82, 2.24) is 15.0 Å². The largest absolute Gasteiger partial charge is 0.505 e. The molecule has 1 aliphatic rings. The second-order valence-corrected chi connectivity index (χ2v) is 7.24. The van der Waals surface area contributed by atoms with Crippen LogP contribution in [-0.2, 0) is 12.8 Å². The lowest BCUT2D eigenvalue weighted by Crippen LogP contribution is -2.17. The average molecular weight is 373 g/mol. The van der Waals surface area contributed by atoms with E-state index in [-0.39, 0.29) is 11.7 Å². The Bertz CT molecular complexity index is 737. The summed E-state index contributed by atoms with van der Waals surface area (Å²) in [6.45, 7) is 2.79. The first-order valence-corrected chi connectivity index (χ1v) is 9.99. The third kappa shape index (κ3) is 5.37. The zero-order chi connectivity index (χ0) is 19.1. The maximum absolute atomic E-state index is 14.5. The van der Waals surface area contributed by atoms with Crippen LogP contribution in [0, 0.1) is 5.95 Å². The number of pyridine rings is 1. The molecule has 6 heteroatoms. The van der Waals surface area contributed by atoms with Crippen LogP contribution in [0.2, 0.25) is 0 Å². The Morgan fingerprint density at radius 1 is 1.15 bits per heavy atom. The van der Waals surface area contributed by atoms with E-state index >= 15 is 0 Å². The van der Waals surface area contributed by atoms with Crippen LogP contribution in [0.15, 0.2) is 18.5 Å². The molecule has 3 rings (SSSR count). The van der Waals surface area contributed by atoms with E-state index < -0.39 is 5.95 Å². The van der Waals surface area contributed by atoms with E-state index in [0.29, 0.717) is 30.3 Å². The maximum Gasteiger partial charge on any atom is 0.219 e. The molecule has 2 heterocycles. The van der Waals surface area contributed by atoms with E-state index in [9.17, 15) is 9.50 Å². The minimum Gasteiger partial charge on any atom is -0.505 e. The molecule has 0 bridgehead atoms. The third-order valence-electron chi connectivity index (χ3n) is 5.13. The third-order valence-corrected chi connectivity index (χ3v) is 5.13. The molecule has 1 N–H and O–H groups in total. The van der Waals surface area contributed by atoms with E-state index in [2.05, 4.69) is 21.9 Å². The Kier molecular flexibility index (Phi) is 6.96. The highest BCUT2D eigenvalue weighted by atomic mass is 19.1. The van der Waals surface area contributed by atoms with Gasteiger partial charge in [0.15, 0.2) is 5.75 Å². The number of aryl methyl sites for hydroxylation is 1. The predicted molar refractivity (Wildman–Crippen MR) is 102 cm³/mol. The van der Waals surface area contributed by atoms with Gasteiger partial charge in [-0.3, -0.25) is 0 Å². The zero-order valence-electron chi connectivity index (χ0n) is 16.0. The zero-order valence-corrected chi connectivity index (χ0v) is 16.0. The van der Waals surface area contributed by atoms with Gasteiger partial charge in [0, 0.05) is 17.5 Å². The molecule has 0 spiro atoms. The summed E-state index contributed by atoms with van der Waals surface area (Å²) >= 11 is 0.